The van der Waals surface area contributed by atoms with Crippen molar-refractivity contribution in [2.75, 3.05) is 0 Å². The molecule has 1 amide bonds. The van der Waals surface area contributed by atoms with Gasteiger partial charge in [0, 0.05) is 17.2 Å². The minimum atomic E-state index is -0.220. The van der Waals surface area contributed by atoms with Crippen molar-refractivity contribution >= 4 is 18.1 Å². The van der Waals surface area contributed by atoms with Crippen LogP contribution in [0.1, 0.15) is 40.6 Å². The monoisotopic (exact) mass is 431 g/mol. The van der Waals surface area contributed by atoms with E-state index in [-0.39, 0.29) is 12.5 Å². The highest BCUT2D eigenvalue weighted by molar-refractivity contribution is 7.71. The van der Waals surface area contributed by atoms with Crippen LogP contribution in [-0.2, 0) is 6.54 Å². The Hall–Kier alpha value is -3.52. The fourth-order valence-electron chi connectivity index (χ4n) is 3.54. The first-order chi connectivity index (χ1) is 15.1. The van der Waals surface area contributed by atoms with E-state index in [1.54, 1.807) is 12.3 Å². The second-order valence-electron chi connectivity index (χ2n) is 7.67. The highest BCUT2D eigenvalue weighted by Crippen LogP contribution is 2.35. The largest absolute Gasteiger partial charge is 0.436 e. The van der Waals surface area contributed by atoms with E-state index in [4.69, 9.17) is 16.6 Å². The van der Waals surface area contributed by atoms with Crippen molar-refractivity contribution in [3.63, 3.8) is 0 Å². The van der Waals surface area contributed by atoms with Crippen LogP contribution in [0.3, 0.4) is 0 Å². The second kappa shape index (κ2) is 7.96. The molecule has 4 aromatic rings. The summed E-state index contributed by atoms with van der Waals surface area (Å²) in [6, 6.07) is 15.7. The number of nitrogens with zero attached hydrogens (tertiary/aromatic N) is 3. The molecule has 1 fully saturated rings. The summed E-state index contributed by atoms with van der Waals surface area (Å²) in [4.78, 5) is 17.4. The summed E-state index contributed by atoms with van der Waals surface area (Å²) in [6.45, 7) is 2.33. The highest BCUT2D eigenvalue weighted by atomic mass is 32.1. The molecule has 1 saturated carbocycles. The van der Waals surface area contributed by atoms with Crippen LogP contribution in [0.15, 0.2) is 59.1 Å². The van der Waals surface area contributed by atoms with Gasteiger partial charge in [-0.05, 0) is 44.1 Å². The maximum absolute atomic E-state index is 13.0. The number of amides is 1. The number of oxazole rings is 1. The lowest BCUT2D eigenvalue weighted by Crippen LogP contribution is -2.25. The van der Waals surface area contributed by atoms with Crippen molar-refractivity contribution in [1.29, 1.82) is 0 Å². The van der Waals surface area contributed by atoms with Crippen molar-refractivity contribution in [3.8, 4) is 22.8 Å². The van der Waals surface area contributed by atoms with E-state index in [9.17, 15) is 4.79 Å². The van der Waals surface area contributed by atoms with Crippen molar-refractivity contribution in [2.45, 2.75) is 32.4 Å². The van der Waals surface area contributed by atoms with E-state index < -0.39 is 0 Å². The number of aryl methyl sites for hydroxylation is 1. The number of benzene rings is 2. The van der Waals surface area contributed by atoms with Gasteiger partial charge in [-0.2, -0.15) is 5.10 Å². The molecule has 0 unspecified atom stereocenters. The Morgan fingerprint density at radius 2 is 2.00 bits per heavy atom. The molecule has 0 atom stereocenters. The second-order valence-corrected chi connectivity index (χ2v) is 8.06. The average Bonchev–Trinajstić information content (AvgIpc) is 3.37. The molecule has 1 aliphatic rings. The molecule has 1 aliphatic carbocycles. The maximum Gasteiger partial charge on any atom is 0.252 e. The van der Waals surface area contributed by atoms with Gasteiger partial charge in [-0.25, -0.2) is 4.98 Å². The van der Waals surface area contributed by atoms with Crippen molar-refractivity contribution < 1.29 is 9.21 Å². The molecular weight excluding hydrogens is 410 g/mol. The van der Waals surface area contributed by atoms with Gasteiger partial charge in [-0.15, -0.1) is 0 Å². The number of aromatic amines is 1. The third kappa shape index (κ3) is 3.94. The number of H-pyrrole nitrogens is 1. The van der Waals surface area contributed by atoms with Gasteiger partial charge in [0.15, 0.2) is 16.4 Å². The van der Waals surface area contributed by atoms with Crippen LogP contribution in [0.5, 0.6) is 0 Å². The van der Waals surface area contributed by atoms with Crippen molar-refractivity contribution in [1.82, 2.24) is 25.1 Å². The lowest BCUT2D eigenvalue weighted by atomic mass is 10.1. The van der Waals surface area contributed by atoms with Gasteiger partial charge in [0.1, 0.15) is 0 Å². The molecule has 7 nitrogen and oxygen atoms in total. The van der Waals surface area contributed by atoms with Crippen LogP contribution in [0, 0.1) is 11.7 Å². The molecular formula is C23H21N5O2S. The molecule has 8 heteroatoms. The normalized spacial score (nSPS) is 13.3. The van der Waals surface area contributed by atoms with E-state index in [1.165, 1.54) is 5.56 Å². The number of rotatable bonds is 6. The van der Waals surface area contributed by atoms with Gasteiger partial charge in [-0.1, -0.05) is 42.0 Å². The number of hydrogen-bond donors (Lipinski definition) is 2. The molecule has 0 bridgehead atoms. The Labute approximate surface area is 184 Å². The van der Waals surface area contributed by atoms with Crippen LogP contribution in [0.4, 0.5) is 0 Å². The summed E-state index contributed by atoms with van der Waals surface area (Å²) in [7, 11) is 0. The Kier molecular flexibility index (Phi) is 4.99. The number of carbonyl (C=O) groups is 1. The van der Waals surface area contributed by atoms with Crippen LogP contribution in [0.2, 0.25) is 0 Å². The Morgan fingerprint density at radius 3 is 2.77 bits per heavy atom. The summed E-state index contributed by atoms with van der Waals surface area (Å²) >= 11 is 5.31. The standard InChI is InChI=1S/C23H21N5O2S/c1-14-6-8-15(9-7-14)19-12-25-22(30-19)18-5-3-2-4-17(18)21(29)24-13-20-26-27-23(31)28(20)16-10-11-16/h2-9,12,16H,10-11,13H2,1H3,(H,24,29)(H,27,31). The third-order valence-electron chi connectivity index (χ3n) is 5.34. The van der Waals surface area contributed by atoms with E-state index in [2.05, 4.69) is 20.5 Å². The number of hydrogen-bond acceptors (Lipinski definition) is 5. The molecule has 2 heterocycles. The maximum atomic E-state index is 13.0. The zero-order valence-electron chi connectivity index (χ0n) is 17.0. The van der Waals surface area contributed by atoms with Gasteiger partial charge in [-0.3, -0.25) is 14.5 Å². The first-order valence-electron chi connectivity index (χ1n) is 10.2. The zero-order chi connectivity index (χ0) is 21.4. The van der Waals surface area contributed by atoms with Crippen LogP contribution in [0.25, 0.3) is 22.8 Å². The molecule has 2 N–H and O–H groups in total. The predicted octanol–water partition coefficient (Wildman–Crippen LogP) is 4.84. The van der Waals surface area contributed by atoms with Gasteiger partial charge >= 0.3 is 0 Å². The van der Waals surface area contributed by atoms with Gasteiger partial charge in [0.2, 0.25) is 5.89 Å². The van der Waals surface area contributed by atoms with Gasteiger partial charge in [0.25, 0.3) is 5.91 Å². The third-order valence-corrected chi connectivity index (χ3v) is 5.63. The van der Waals surface area contributed by atoms with Gasteiger partial charge < -0.3 is 9.73 Å². The van der Waals surface area contributed by atoms with Crippen LogP contribution >= 0.6 is 12.2 Å². The summed E-state index contributed by atoms with van der Waals surface area (Å²) in [5.41, 5.74) is 3.24. The molecule has 0 saturated heterocycles. The predicted molar refractivity (Wildman–Crippen MR) is 119 cm³/mol. The Bertz CT molecular complexity index is 1300. The van der Waals surface area contributed by atoms with E-state index >= 15 is 0 Å². The molecule has 5 rings (SSSR count). The molecule has 31 heavy (non-hydrogen) atoms. The molecule has 2 aromatic heterocycles. The fourth-order valence-corrected chi connectivity index (χ4v) is 3.84. The van der Waals surface area contributed by atoms with E-state index in [1.807, 2.05) is 54.0 Å². The summed E-state index contributed by atoms with van der Waals surface area (Å²) < 4.78 is 8.57. The van der Waals surface area contributed by atoms with E-state index in [0.29, 0.717) is 33.6 Å². The van der Waals surface area contributed by atoms with Crippen LogP contribution < -0.4 is 5.32 Å². The minimum absolute atomic E-state index is 0.220. The topological polar surface area (TPSA) is 88.7 Å². The molecule has 0 aliphatic heterocycles. The summed E-state index contributed by atoms with van der Waals surface area (Å²) in [6.07, 6.45) is 3.86. The molecule has 156 valence electrons. The Balaban J connectivity index is 1.38. The quantitative estimate of drug-likeness (QED) is 0.427. The van der Waals surface area contributed by atoms with Crippen LogP contribution in [-0.4, -0.2) is 25.7 Å². The number of carbonyl (C=O) groups excluding carboxylic acids is 1. The Morgan fingerprint density at radius 1 is 1.23 bits per heavy atom. The van der Waals surface area contributed by atoms with Gasteiger partial charge in [0.05, 0.1) is 18.3 Å². The smallest absolute Gasteiger partial charge is 0.252 e. The fraction of sp³-hybridized carbons (Fsp3) is 0.217. The highest BCUT2D eigenvalue weighted by Gasteiger charge is 2.27. The lowest BCUT2D eigenvalue weighted by molar-refractivity contribution is 0.0950. The molecule has 0 radical (unpaired) electrons. The lowest BCUT2D eigenvalue weighted by Gasteiger charge is -2.09. The molecule has 0 spiro atoms. The average molecular weight is 432 g/mol. The zero-order valence-corrected chi connectivity index (χ0v) is 17.8. The first kappa shape index (κ1) is 19.4. The van der Waals surface area contributed by atoms with E-state index in [0.717, 1.165) is 24.2 Å². The number of aromatic nitrogens is 4. The minimum Gasteiger partial charge on any atom is -0.436 e. The summed E-state index contributed by atoms with van der Waals surface area (Å²) in [5, 5.41) is 10.0. The SMILES string of the molecule is Cc1ccc(-c2cnc(-c3ccccc3C(=O)NCc3n[nH]c(=S)n3C3CC3)o2)cc1. The first-order valence-corrected chi connectivity index (χ1v) is 10.6. The summed E-state index contributed by atoms with van der Waals surface area (Å²) in [5.74, 6) is 1.57. The van der Waals surface area contributed by atoms with Crippen molar-refractivity contribution in [2.24, 2.45) is 0 Å². The van der Waals surface area contributed by atoms with Crippen molar-refractivity contribution in [3.05, 3.63) is 76.5 Å². The molecule has 2 aromatic carbocycles. The number of nitrogens with one attached hydrogen (secondary N) is 2.